The second-order valence-corrected chi connectivity index (χ2v) is 10.8. The van der Waals surface area contributed by atoms with E-state index in [0.29, 0.717) is 43.7 Å². The first kappa shape index (κ1) is 25.0. The van der Waals surface area contributed by atoms with Crippen molar-refractivity contribution in [2.75, 3.05) is 45.0 Å². The van der Waals surface area contributed by atoms with E-state index in [-0.39, 0.29) is 43.0 Å². The van der Waals surface area contributed by atoms with Gasteiger partial charge < -0.3 is 5.32 Å². The van der Waals surface area contributed by atoms with Gasteiger partial charge in [0.15, 0.2) is 0 Å². The minimum Gasteiger partial charge on any atom is -0.355 e. The molecule has 4 rings (SSSR count). The molecule has 35 heavy (non-hydrogen) atoms. The minimum absolute atomic E-state index is 0.0262. The van der Waals surface area contributed by atoms with E-state index < -0.39 is 10.0 Å². The summed E-state index contributed by atoms with van der Waals surface area (Å²) in [6, 6.07) is 16.7. The van der Waals surface area contributed by atoms with Crippen molar-refractivity contribution in [3.63, 3.8) is 0 Å². The number of fused-ring (bicyclic) bond motifs is 1. The van der Waals surface area contributed by atoms with Gasteiger partial charge in [-0.05, 0) is 24.1 Å². The molecule has 1 saturated heterocycles. The number of rotatable bonds is 10. The maximum absolute atomic E-state index is 12.7. The van der Waals surface area contributed by atoms with Crippen molar-refractivity contribution in [1.29, 1.82) is 0 Å². The fourth-order valence-electron chi connectivity index (χ4n) is 4.38. The van der Waals surface area contributed by atoms with E-state index in [9.17, 15) is 22.8 Å². The van der Waals surface area contributed by atoms with Gasteiger partial charge in [-0.15, -0.1) is 0 Å². The molecule has 9 nitrogen and oxygen atoms in total. The summed E-state index contributed by atoms with van der Waals surface area (Å²) in [6.07, 6.45) is 0.416. The Morgan fingerprint density at radius 2 is 1.46 bits per heavy atom. The van der Waals surface area contributed by atoms with Gasteiger partial charge in [-0.3, -0.25) is 24.2 Å². The molecule has 2 heterocycles. The maximum atomic E-state index is 12.7. The number of carbonyl (C=O) groups is 3. The summed E-state index contributed by atoms with van der Waals surface area (Å²) in [7, 11) is -3.46. The van der Waals surface area contributed by atoms with E-state index in [1.165, 1.54) is 9.87 Å². The molecule has 1 N–H and O–H groups in total. The molecule has 186 valence electrons. The normalized spacial score (nSPS) is 17.0. The van der Waals surface area contributed by atoms with Crippen LogP contribution in [0.4, 0.5) is 0 Å². The Balaban J connectivity index is 1.14. The van der Waals surface area contributed by atoms with Crippen molar-refractivity contribution in [2.24, 2.45) is 0 Å². The second-order valence-electron chi connectivity index (χ2n) is 8.74. The van der Waals surface area contributed by atoms with E-state index in [4.69, 9.17) is 0 Å². The van der Waals surface area contributed by atoms with Crippen LogP contribution in [0, 0.1) is 0 Å². The standard InChI is InChI=1S/C25H30N4O5S/c30-23(11-6-13-29-24(31)21-9-4-5-10-22(21)25(29)32)26-12-18-35(33,34)28-16-14-27(15-17-28)19-20-7-2-1-3-8-20/h1-5,7-10H,6,11-19H2,(H,26,30). The molecule has 0 radical (unpaired) electrons. The van der Waals surface area contributed by atoms with Crippen LogP contribution in [0.25, 0.3) is 0 Å². The van der Waals surface area contributed by atoms with E-state index in [1.807, 2.05) is 18.2 Å². The molecule has 0 bridgehead atoms. The first-order valence-electron chi connectivity index (χ1n) is 11.8. The summed E-state index contributed by atoms with van der Waals surface area (Å²) in [6.45, 7) is 3.17. The zero-order chi connectivity index (χ0) is 24.8. The molecule has 3 amide bonds. The molecule has 0 aromatic heterocycles. The number of sulfonamides is 1. The third kappa shape index (κ3) is 6.14. The topological polar surface area (TPSA) is 107 Å². The Morgan fingerprint density at radius 3 is 2.09 bits per heavy atom. The molecule has 0 unspecified atom stereocenters. The fourth-order valence-corrected chi connectivity index (χ4v) is 5.72. The van der Waals surface area contributed by atoms with Crippen molar-refractivity contribution >= 4 is 27.7 Å². The highest BCUT2D eigenvalue weighted by Crippen LogP contribution is 2.22. The van der Waals surface area contributed by atoms with Crippen LogP contribution < -0.4 is 5.32 Å². The third-order valence-corrected chi connectivity index (χ3v) is 8.19. The Kier molecular flexibility index (Phi) is 7.94. The number of hydrogen-bond donors (Lipinski definition) is 1. The summed E-state index contributed by atoms with van der Waals surface area (Å²) < 4.78 is 26.8. The van der Waals surface area contributed by atoms with Crippen molar-refractivity contribution < 1.29 is 22.8 Å². The average molecular weight is 499 g/mol. The number of amides is 3. The van der Waals surface area contributed by atoms with Gasteiger partial charge in [0.25, 0.3) is 11.8 Å². The number of carbonyl (C=O) groups excluding carboxylic acids is 3. The SMILES string of the molecule is O=C(CCCN1C(=O)c2ccccc2C1=O)NCCS(=O)(=O)N1CCN(Cc2ccccc2)CC1. The predicted molar refractivity (Wildman–Crippen MR) is 131 cm³/mol. The number of hydrogen-bond acceptors (Lipinski definition) is 6. The molecule has 0 spiro atoms. The zero-order valence-electron chi connectivity index (χ0n) is 19.6. The van der Waals surface area contributed by atoms with Crippen LogP contribution in [0.15, 0.2) is 54.6 Å². The van der Waals surface area contributed by atoms with E-state index in [1.54, 1.807) is 24.3 Å². The summed E-state index contributed by atoms with van der Waals surface area (Å²) in [4.78, 5) is 40.3. The molecule has 0 aliphatic carbocycles. The Morgan fingerprint density at radius 1 is 0.857 bits per heavy atom. The van der Waals surface area contributed by atoms with Gasteiger partial charge in [-0.2, -0.15) is 4.31 Å². The van der Waals surface area contributed by atoms with Crippen LogP contribution in [0.1, 0.15) is 39.1 Å². The van der Waals surface area contributed by atoms with Crippen molar-refractivity contribution in [2.45, 2.75) is 19.4 Å². The van der Waals surface area contributed by atoms with Crippen LogP contribution in [0.3, 0.4) is 0 Å². The highest BCUT2D eigenvalue weighted by atomic mass is 32.2. The molecule has 2 aromatic carbocycles. The van der Waals surface area contributed by atoms with E-state index in [0.717, 1.165) is 11.4 Å². The van der Waals surface area contributed by atoms with Crippen molar-refractivity contribution in [3.8, 4) is 0 Å². The fraction of sp³-hybridized carbons (Fsp3) is 0.400. The van der Waals surface area contributed by atoms with Crippen LogP contribution in [-0.4, -0.2) is 85.3 Å². The molecular weight excluding hydrogens is 468 g/mol. The summed E-state index contributed by atoms with van der Waals surface area (Å²) in [5.41, 5.74) is 1.97. The average Bonchev–Trinajstić information content (AvgIpc) is 3.10. The molecular formula is C25H30N4O5S. The molecule has 0 atom stereocenters. The van der Waals surface area contributed by atoms with Crippen molar-refractivity contribution in [1.82, 2.24) is 19.4 Å². The number of benzene rings is 2. The molecule has 2 aliphatic heterocycles. The molecule has 0 saturated carbocycles. The van der Waals surface area contributed by atoms with Gasteiger partial charge in [0.1, 0.15) is 0 Å². The predicted octanol–water partition coefficient (Wildman–Crippen LogP) is 1.33. The maximum Gasteiger partial charge on any atom is 0.261 e. The Hall–Kier alpha value is -3.08. The van der Waals surface area contributed by atoms with Crippen LogP contribution >= 0.6 is 0 Å². The number of nitrogens with one attached hydrogen (secondary N) is 1. The van der Waals surface area contributed by atoms with Gasteiger partial charge >= 0.3 is 0 Å². The smallest absolute Gasteiger partial charge is 0.261 e. The van der Waals surface area contributed by atoms with Crippen LogP contribution in [-0.2, 0) is 21.4 Å². The number of nitrogens with zero attached hydrogens (tertiary/aromatic N) is 3. The lowest BCUT2D eigenvalue weighted by molar-refractivity contribution is -0.121. The van der Waals surface area contributed by atoms with Gasteiger partial charge in [0.05, 0.1) is 16.9 Å². The first-order valence-corrected chi connectivity index (χ1v) is 13.4. The summed E-state index contributed by atoms with van der Waals surface area (Å²) in [5.74, 6) is -1.15. The largest absolute Gasteiger partial charge is 0.355 e. The zero-order valence-corrected chi connectivity index (χ0v) is 20.4. The Labute approximate surface area is 205 Å². The van der Waals surface area contributed by atoms with E-state index in [2.05, 4.69) is 22.3 Å². The highest BCUT2D eigenvalue weighted by molar-refractivity contribution is 7.89. The number of piperazine rings is 1. The van der Waals surface area contributed by atoms with Crippen LogP contribution in [0.2, 0.25) is 0 Å². The second kappa shape index (κ2) is 11.1. The van der Waals surface area contributed by atoms with Gasteiger partial charge in [0, 0.05) is 52.2 Å². The Bertz CT molecular complexity index is 1140. The quantitative estimate of drug-likeness (QED) is 0.496. The molecule has 2 aliphatic rings. The molecule has 1 fully saturated rings. The van der Waals surface area contributed by atoms with Crippen LogP contribution in [0.5, 0.6) is 0 Å². The lowest BCUT2D eigenvalue weighted by Gasteiger charge is -2.34. The number of imide groups is 1. The van der Waals surface area contributed by atoms with Gasteiger partial charge in [-0.25, -0.2) is 8.42 Å². The third-order valence-electron chi connectivity index (χ3n) is 6.32. The molecule has 2 aromatic rings. The van der Waals surface area contributed by atoms with Gasteiger partial charge in [-0.1, -0.05) is 42.5 Å². The summed E-state index contributed by atoms with van der Waals surface area (Å²) in [5, 5.41) is 2.64. The van der Waals surface area contributed by atoms with E-state index >= 15 is 0 Å². The van der Waals surface area contributed by atoms with Crippen molar-refractivity contribution in [3.05, 3.63) is 71.3 Å². The lowest BCUT2D eigenvalue weighted by atomic mass is 10.1. The minimum atomic E-state index is -3.46. The first-order chi connectivity index (χ1) is 16.8. The monoisotopic (exact) mass is 498 g/mol. The highest BCUT2D eigenvalue weighted by Gasteiger charge is 2.34. The van der Waals surface area contributed by atoms with Gasteiger partial charge in [0.2, 0.25) is 15.9 Å². The summed E-state index contributed by atoms with van der Waals surface area (Å²) >= 11 is 0. The molecule has 10 heteroatoms. The lowest BCUT2D eigenvalue weighted by Crippen LogP contribution is -2.49.